The van der Waals surface area contributed by atoms with Crippen molar-refractivity contribution in [2.75, 3.05) is 7.05 Å². The average molecular weight is 305 g/mol. The third-order valence-electron chi connectivity index (χ3n) is 4.29. The molecule has 0 aromatic heterocycles. The number of nitrogens with one attached hydrogen (secondary N) is 1. The number of likely N-dealkylation sites (N-methyl/N-ethyl adjacent to an activating group) is 1. The van der Waals surface area contributed by atoms with Gasteiger partial charge in [-0.2, -0.15) is 0 Å². The second kappa shape index (κ2) is 6.97. The monoisotopic (exact) mass is 305 g/mol. The summed E-state index contributed by atoms with van der Waals surface area (Å²) in [4.78, 5) is 10.8. The van der Waals surface area contributed by atoms with E-state index in [1.807, 2.05) is 32.0 Å². The van der Waals surface area contributed by atoms with Gasteiger partial charge in [-0.25, -0.2) is 8.78 Å². The van der Waals surface area contributed by atoms with Crippen LogP contribution in [0.3, 0.4) is 0 Å². The maximum atomic E-state index is 14.2. The highest BCUT2D eigenvalue weighted by Gasteiger charge is 2.29. The Bertz CT molecular complexity index is 614. The van der Waals surface area contributed by atoms with Gasteiger partial charge in [0.25, 0.3) is 0 Å². The van der Waals surface area contributed by atoms with Gasteiger partial charge in [-0.05, 0) is 55.7 Å². The normalized spacial score (nSPS) is 19.9. The Morgan fingerprint density at radius 3 is 2.50 bits per heavy atom. The molecule has 0 saturated carbocycles. The number of halogens is 2. The first-order chi connectivity index (χ1) is 10.5. The lowest BCUT2D eigenvalue weighted by Gasteiger charge is -2.27. The Morgan fingerprint density at radius 2 is 1.95 bits per heavy atom. The van der Waals surface area contributed by atoms with Crippen molar-refractivity contribution in [2.45, 2.75) is 38.6 Å². The first-order valence-corrected chi connectivity index (χ1v) is 7.42. The summed E-state index contributed by atoms with van der Waals surface area (Å²) in [6.07, 6.45) is 2.59. The van der Waals surface area contributed by atoms with Gasteiger partial charge in [0.15, 0.2) is 11.7 Å². The van der Waals surface area contributed by atoms with Crippen LogP contribution in [-0.2, 0) is 4.79 Å². The van der Waals surface area contributed by atoms with Crippen molar-refractivity contribution in [3.63, 3.8) is 0 Å². The summed E-state index contributed by atoms with van der Waals surface area (Å²) in [5.74, 6) is -1.87. The predicted molar refractivity (Wildman–Crippen MR) is 84.1 cm³/mol. The summed E-state index contributed by atoms with van der Waals surface area (Å²) in [5.41, 5.74) is 3.49. The molecule has 4 heteroatoms. The molecule has 2 rings (SSSR count). The lowest BCUT2D eigenvalue weighted by Crippen LogP contribution is -2.30. The second-order valence-electron chi connectivity index (χ2n) is 5.71. The highest BCUT2D eigenvalue weighted by atomic mass is 19.2. The highest BCUT2D eigenvalue weighted by Crippen LogP contribution is 2.40. The van der Waals surface area contributed by atoms with Gasteiger partial charge in [-0.1, -0.05) is 18.2 Å². The van der Waals surface area contributed by atoms with Crippen molar-refractivity contribution in [2.24, 2.45) is 0 Å². The van der Waals surface area contributed by atoms with E-state index in [1.54, 1.807) is 7.05 Å². The van der Waals surface area contributed by atoms with E-state index in [0.29, 0.717) is 12.0 Å². The molecule has 0 fully saturated rings. The molecule has 1 N–H and O–H groups in total. The molecule has 0 radical (unpaired) electrons. The Labute approximate surface area is 129 Å². The number of rotatable bonds is 5. The number of aryl methyl sites for hydroxylation is 2. The van der Waals surface area contributed by atoms with Gasteiger partial charge in [-0.15, -0.1) is 0 Å². The van der Waals surface area contributed by atoms with E-state index < -0.39 is 17.7 Å². The van der Waals surface area contributed by atoms with Crippen LogP contribution in [0.25, 0.3) is 0 Å². The first kappa shape index (κ1) is 16.6. The molecule has 22 heavy (non-hydrogen) atoms. The molecule has 2 unspecified atom stereocenters. The molecular weight excluding hydrogens is 284 g/mol. The smallest absolute Gasteiger partial charge is 0.159 e. The molecule has 1 aliphatic carbocycles. The van der Waals surface area contributed by atoms with Crippen LogP contribution in [0.1, 0.15) is 35.4 Å². The largest absolute Gasteiger partial charge is 0.313 e. The SMILES string of the molecule is CNC(CC=O)C1=C(F)C(F)=CC(c2c(C)cccc2C)C1. The standard InChI is InChI=1S/C18H21F2NO/c1-11-5-4-6-12(2)17(11)13-9-14(16(21-3)7-8-22)18(20)15(19)10-13/h4-6,8,10,13,16,21H,7,9H2,1-3H3. The maximum absolute atomic E-state index is 14.2. The molecule has 2 atom stereocenters. The number of hydrogen-bond donors (Lipinski definition) is 1. The maximum Gasteiger partial charge on any atom is 0.159 e. The van der Waals surface area contributed by atoms with Gasteiger partial charge in [0.1, 0.15) is 6.29 Å². The van der Waals surface area contributed by atoms with Gasteiger partial charge in [0, 0.05) is 18.4 Å². The number of hydrogen-bond acceptors (Lipinski definition) is 2. The third kappa shape index (κ3) is 3.17. The Hall–Kier alpha value is -1.81. The van der Waals surface area contributed by atoms with Gasteiger partial charge >= 0.3 is 0 Å². The molecule has 0 spiro atoms. The molecular formula is C18H21F2NO. The van der Waals surface area contributed by atoms with Crippen molar-refractivity contribution in [1.29, 1.82) is 0 Å². The summed E-state index contributed by atoms with van der Waals surface area (Å²) in [7, 11) is 1.65. The topological polar surface area (TPSA) is 29.1 Å². The van der Waals surface area contributed by atoms with Crippen LogP contribution < -0.4 is 5.32 Å². The van der Waals surface area contributed by atoms with E-state index in [4.69, 9.17) is 0 Å². The molecule has 0 heterocycles. The molecule has 1 aliphatic rings. The van der Waals surface area contributed by atoms with E-state index in [-0.39, 0.29) is 12.3 Å². The summed E-state index contributed by atoms with van der Waals surface area (Å²) in [6, 6.07) is 5.44. The minimum atomic E-state index is -0.833. The molecule has 0 saturated heterocycles. The molecule has 0 bridgehead atoms. The quantitative estimate of drug-likeness (QED) is 0.832. The second-order valence-corrected chi connectivity index (χ2v) is 5.71. The lowest BCUT2D eigenvalue weighted by atomic mass is 9.81. The third-order valence-corrected chi connectivity index (χ3v) is 4.29. The number of benzene rings is 1. The van der Waals surface area contributed by atoms with E-state index in [0.717, 1.165) is 23.0 Å². The van der Waals surface area contributed by atoms with Crippen LogP contribution in [0, 0.1) is 13.8 Å². The van der Waals surface area contributed by atoms with Crippen LogP contribution in [0.5, 0.6) is 0 Å². The van der Waals surface area contributed by atoms with Crippen molar-refractivity contribution in [1.82, 2.24) is 5.32 Å². The fraction of sp³-hybridized carbons (Fsp3) is 0.389. The molecule has 0 amide bonds. The van der Waals surface area contributed by atoms with Gasteiger partial charge < -0.3 is 10.1 Å². The minimum absolute atomic E-state index is 0.131. The Kier molecular flexibility index (Phi) is 5.24. The number of aldehydes is 1. The number of carbonyl (C=O) groups excluding carboxylic acids is 1. The van der Waals surface area contributed by atoms with Crippen molar-refractivity contribution in [3.8, 4) is 0 Å². The fourth-order valence-corrected chi connectivity index (χ4v) is 3.21. The fourth-order valence-electron chi connectivity index (χ4n) is 3.21. The summed E-state index contributed by atoms with van der Waals surface area (Å²) in [5, 5.41) is 2.90. The number of carbonyl (C=O) groups is 1. The van der Waals surface area contributed by atoms with Crippen LogP contribution >= 0.6 is 0 Å². The zero-order valence-electron chi connectivity index (χ0n) is 13.1. The lowest BCUT2D eigenvalue weighted by molar-refractivity contribution is -0.108. The van der Waals surface area contributed by atoms with E-state index in [2.05, 4.69) is 5.32 Å². The van der Waals surface area contributed by atoms with E-state index in [9.17, 15) is 13.6 Å². The summed E-state index contributed by atoms with van der Waals surface area (Å²) in [6.45, 7) is 3.95. The summed E-state index contributed by atoms with van der Waals surface area (Å²) >= 11 is 0. The Balaban J connectivity index is 2.42. The average Bonchev–Trinajstić information content (AvgIpc) is 2.48. The van der Waals surface area contributed by atoms with Crippen LogP contribution in [0.4, 0.5) is 8.78 Å². The van der Waals surface area contributed by atoms with Gasteiger partial charge in [-0.3, -0.25) is 0 Å². The van der Waals surface area contributed by atoms with Crippen LogP contribution in [-0.4, -0.2) is 19.4 Å². The zero-order chi connectivity index (χ0) is 16.3. The molecule has 0 aliphatic heterocycles. The van der Waals surface area contributed by atoms with Crippen molar-refractivity contribution < 1.29 is 13.6 Å². The van der Waals surface area contributed by atoms with E-state index >= 15 is 0 Å². The van der Waals surface area contributed by atoms with Crippen molar-refractivity contribution in [3.05, 3.63) is 58.2 Å². The highest BCUT2D eigenvalue weighted by molar-refractivity contribution is 5.53. The number of allylic oxidation sites excluding steroid dienone is 3. The molecule has 1 aromatic carbocycles. The van der Waals surface area contributed by atoms with Crippen LogP contribution in [0.2, 0.25) is 0 Å². The van der Waals surface area contributed by atoms with Crippen molar-refractivity contribution >= 4 is 6.29 Å². The van der Waals surface area contributed by atoms with E-state index in [1.165, 1.54) is 6.08 Å². The predicted octanol–water partition coefficient (Wildman–Crippen LogP) is 4.04. The molecule has 1 aromatic rings. The minimum Gasteiger partial charge on any atom is -0.313 e. The summed E-state index contributed by atoms with van der Waals surface area (Å²) < 4.78 is 28.2. The zero-order valence-corrected chi connectivity index (χ0v) is 13.1. The van der Waals surface area contributed by atoms with Crippen LogP contribution in [0.15, 0.2) is 41.5 Å². The first-order valence-electron chi connectivity index (χ1n) is 7.42. The Morgan fingerprint density at radius 1 is 1.32 bits per heavy atom. The molecule has 2 nitrogen and oxygen atoms in total. The molecule has 118 valence electrons. The van der Waals surface area contributed by atoms with Gasteiger partial charge in [0.2, 0.25) is 0 Å². The van der Waals surface area contributed by atoms with Gasteiger partial charge in [0.05, 0.1) is 0 Å².